The molecular weight excluding hydrogens is 272 g/mol. The van der Waals surface area contributed by atoms with Crippen molar-refractivity contribution in [2.75, 3.05) is 6.54 Å². The van der Waals surface area contributed by atoms with Crippen LogP contribution in [-0.4, -0.2) is 11.7 Å². The molecule has 2 atom stereocenters. The van der Waals surface area contributed by atoms with Crippen molar-refractivity contribution in [1.29, 1.82) is 0 Å². The average molecular weight is 291 g/mol. The van der Waals surface area contributed by atoms with Crippen LogP contribution < -0.4 is 5.32 Å². The van der Waals surface area contributed by atoms with Crippen molar-refractivity contribution in [1.82, 2.24) is 5.32 Å². The van der Waals surface area contributed by atoms with Crippen molar-refractivity contribution in [2.45, 2.75) is 26.0 Å². The minimum atomic E-state index is -1.09. The highest BCUT2D eigenvalue weighted by molar-refractivity contribution is 5.28. The Morgan fingerprint density at radius 3 is 2.52 bits per heavy atom. The molecule has 21 heavy (non-hydrogen) atoms. The Morgan fingerprint density at radius 2 is 1.81 bits per heavy atom. The van der Waals surface area contributed by atoms with Crippen molar-refractivity contribution in [3.8, 4) is 0 Å². The highest BCUT2D eigenvalue weighted by atomic mass is 19.1. The van der Waals surface area contributed by atoms with E-state index in [2.05, 4.69) is 5.32 Å². The smallest absolute Gasteiger partial charge is 0.129 e. The van der Waals surface area contributed by atoms with Gasteiger partial charge in [0.2, 0.25) is 0 Å². The summed E-state index contributed by atoms with van der Waals surface area (Å²) < 4.78 is 26.7. The van der Waals surface area contributed by atoms with E-state index in [4.69, 9.17) is 0 Å². The van der Waals surface area contributed by atoms with Gasteiger partial charge in [-0.15, -0.1) is 0 Å². The van der Waals surface area contributed by atoms with Crippen molar-refractivity contribution >= 4 is 0 Å². The summed E-state index contributed by atoms with van der Waals surface area (Å²) in [5.74, 6) is -1.16. The summed E-state index contributed by atoms with van der Waals surface area (Å²) in [5.41, 5.74) is 2.23. The lowest BCUT2D eigenvalue weighted by atomic mass is 10.0. The first-order chi connectivity index (χ1) is 9.99. The van der Waals surface area contributed by atoms with E-state index in [0.29, 0.717) is 0 Å². The molecule has 0 aromatic heterocycles. The topological polar surface area (TPSA) is 32.3 Å². The lowest BCUT2D eigenvalue weighted by Gasteiger charge is -2.19. The van der Waals surface area contributed by atoms with Crippen LogP contribution in [0.4, 0.5) is 8.78 Å². The van der Waals surface area contributed by atoms with E-state index in [-0.39, 0.29) is 18.2 Å². The highest BCUT2D eigenvalue weighted by Gasteiger charge is 2.15. The monoisotopic (exact) mass is 291 g/mol. The molecule has 0 aliphatic heterocycles. The van der Waals surface area contributed by atoms with E-state index in [1.165, 1.54) is 0 Å². The predicted molar refractivity (Wildman–Crippen MR) is 78.9 cm³/mol. The van der Waals surface area contributed by atoms with Crippen LogP contribution in [0.3, 0.4) is 0 Å². The largest absolute Gasteiger partial charge is 0.387 e. The lowest BCUT2D eigenvalue weighted by Crippen LogP contribution is -2.25. The molecule has 0 radical (unpaired) electrons. The zero-order valence-corrected chi connectivity index (χ0v) is 12.1. The molecule has 0 saturated heterocycles. The molecule has 2 aromatic carbocycles. The first kappa shape index (κ1) is 15.6. The van der Waals surface area contributed by atoms with Crippen molar-refractivity contribution in [2.24, 2.45) is 0 Å². The van der Waals surface area contributed by atoms with Crippen LogP contribution in [0.15, 0.2) is 42.5 Å². The van der Waals surface area contributed by atoms with Gasteiger partial charge in [0.15, 0.2) is 0 Å². The second-order valence-corrected chi connectivity index (χ2v) is 5.17. The van der Waals surface area contributed by atoms with Crippen LogP contribution >= 0.6 is 0 Å². The zero-order chi connectivity index (χ0) is 15.4. The number of halogens is 2. The van der Waals surface area contributed by atoms with Gasteiger partial charge in [-0.05, 0) is 43.2 Å². The number of benzene rings is 2. The van der Waals surface area contributed by atoms with E-state index in [0.717, 1.165) is 29.3 Å². The van der Waals surface area contributed by atoms with Crippen LogP contribution in [-0.2, 0) is 0 Å². The SMILES string of the molecule is Cc1ccccc1[C@H](C)NCC(O)c1cc(F)ccc1F. The molecule has 2 rings (SSSR count). The summed E-state index contributed by atoms with van der Waals surface area (Å²) >= 11 is 0. The van der Waals surface area contributed by atoms with Gasteiger partial charge in [-0.1, -0.05) is 24.3 Å². The van der Waals surface area contributed by atoms with Crippen LogP contribution in [0.5, 0.6) is 0 Å². The normalized spacial score (nSPS) is 14.0. The average Bonchev–Trinajstić information content (AvgIpc) is 2.47. The Labute approximate surface area is 123 Å². The third kappa shape index (κ3) is 3.86. The molecule has 0 heterocycles. The summed E-state index contributed by atoms with van der Waals surface area (Å²) in [7, 11) is 0. The quantitative estimate of drug-likeness (QED) is 0.881. The number of nitrogens with one attached hydrogen (secondary N) is 1. The van der Waals surface area contributed by atoms with Crippen molar-refractivity contribution < 1.29 is 13.9 Å². The van der Waals surface area contributed by atoms with Gasteiger partial charge in [-0.2, -0.15) is 0 Å². The molecule has 0 fully saturated rings. The van der Waals surface area contributed by atoms with Crippen molar-refractivity contribution in [3.05, 3.63) is 70.8 Å². The summed E-state index contributed by atoms with van der Waals surface area (Å²) in [6, 6.07) is 11.0. The first-order valence-corrected chi connectivity index (χ1v) is 6.91. The van der Waals surface area contributed by atoms with Crippen LogP contribution in [0, 0.1) is 18.6 Å². The molecule has 0 aliphatic carbocycles. The fourth-order valence-corrected chi connectivity index (χ4v) is 2.35. The van der Waals surface area contributed by atoms with E-state index in [9.17, 15) is 13.9 Å². The number of aliphatic hydroxyl groups excluding tert-OH is 1. The number of hydrogen-bond acceptors (Lipinski definition) is 2. The highest BCUT2D eigenvalue weighted by Crippen LogP contribution is 2.20. The second-order valence-electron chi connectivity index (χ2n) is 5.17. The van der Waals surface area contributed by atoms with Gasteiger partial charge in [-0.25, -0.2) is 8.78 Å². The fraction of sp³-hybridized carbons (Fsp3) is 0.294. The van der Waals surface area contributed by atoms with E-state index >= 15 is 0 Å². The summed E-state index contributed by atoms with van der Waals surface area (Å²) in [6.45, 7) is 4.13. The summed E-state index contributed by atoms with van der Waals surface area (Å²) in [6.07, 6.45) is -1.09. The second kappa shape index (κ2) is 6.78. The molecule has 0 saturated carbocycles. The van der Waals surface area contributed by atoms with Crippen LogP contribution in [0.2, 0.25) is 0 Å². The van der Waals surface area contributed by atoms with Crippen LogP contribution in [0.1, 0.15) is 35.8 Å². The third-order valence-corrected chi connectivity index (χ3v) is 3.59. The molecule has 1 unspecified atom stereocenters. The zero-order valence-electron chi connectivity index (χ0n) is 12.1. The molecule has 0 bridgehead atoms. The Balaban J connectivity index is 2.02. The lowest BCUT2D eigenvalue weighted by molar-refractivity contribution is 0.165. The summed E-state index contributed by atoms with van der Waals surface area (Å²) in [5, 5.41) is 13.2. The van der Waals surface area contributed by atoms with Gasteiger partial charge >= 0.3 is 0 Å². The van der Waals surface area contributed by atoms with Gasteiger partial charge in [-0.3, -0.25) is 0 Å². The Kier molecular flexibility index (Phi) is 5.04. The molecular formula is C17H19F2NO. The minimum Gasteiger partial charge on any atom is -0.387 e. The predicted octanol–water partition coefficient (Wildman–Crippen LogP) is 3.66. The molecule has 2 N–H and O–H groups in total. The van der Waals surface area contributed by atoms with Crippen molar-refractivity contribution in [3.63, 3.8) is 0 Å². The van der Waals surface area contributed by atoms with E-state index in [1.54, 1.807) is 0 Å². The van der Waals surface area contributed by atoms with Gasteiger partial charge in [0.1, 0.15) is 11.6 Å². The summed E-state index contributed by atoms with van der Waals surface area (Å²) in [4.78, 5) is 0. The third-order valence-electron chi connectivity index (χ3n) is 3.59. The van der Waals surface area contributed by atoms with Gasteiger partial charge < -0.3 is 10.4 Å². The molecule has 0 amide bonds. The molecule has 0 spiro atoms. The first-order valence-electron chi connectivity index (χ1n) is 6.91. The number of aryl methyl sites for hydroxylation is 1. The standard InChI is InChI=1S/C17H19F2NO/c1-11-5-3-4-6-14(11)12(2)20-10-17(21)15-9-13(18)7-8-16(15)19/h3-9,12,17,20-21H,10H2,1-2H3/t12-,17?/m0/s1. The molecule has 4 heteroatoms. The molecule has 112 valence electrons. The van der Waals surface area contributed by atoms with E-state index < -0.39 is 17.7 Å². The minimum absolute atomic E-state index is 0.0115. The Hall–Kier alpha value is -1.78. The van der Waals surface area contributed by atoms with Crippen LogP contribution in [0.25, 0.3) is 0 Å². The Morgan fingerprint density at radius 1 is 1.10 bits per heavy atom. The van der Waals surface area contributed by atoms with E-state index in [1.807, 2.05) is 38.1 Å². The van der Waals surface area contributed by atoms with Gasteiger partial charge in [0.25, 0.3) is 0 Å². The maximum Gasteiger partial charge on any atom is 0.129 e. The molecule has 2 aromatic rings. The molecule has 2 nitrogen and oxygen atoms in total. The van der Waals surface area contributed by atoms with Gasteiger partial charge in [0, 0.05) is 18.2 Å². The Bertz CT molecular complexity index is 615. The fourth-order valence-electron chi connectivity index (χ4n) is 2.35. The maximum atomic E-state index is 13.6. The number of hydrogen-bond donors (Lipinski definition) is 2. The molecule has 0 aliphatic rings. The number of rotatable bonds is 5. The maximum absolute atomic E-state index is 13.6. The number of aliphatic hydroxyl groups is 1. The van der Waals surface area contributed by atoms with Gasteiger partial charge in [0.05, 0.1) is 6.10 Å².